The number of hydrogen-bond acceptors (Lipinski definition) is 0. The van der Waals surface area contributed by atoms with Gasteiger partial charge in [-0.15, -0.1) is 0 Å². The number of hydrogen-bond donors (Lipinski definition) is 0. The fourth-order valence-electron chi connectivity index (χ4n) is 6.69. The van der Waals surface area contributed by atoms with Gasteiger partial charge in [0.15, 0.2) is 0 Å². The van der Waals surface area contributed by atoms with Crippen molar-refractivity contribution in [3.8, 4) is 11.4 Å². The van der Waals surface area contributed by atoms with Crippen LogP contribution in [0.25, 0.3) is 76.5 Å². The van der Waals surface area contributed by atoms with Crippen LogP contribution in [0, 0.1) is 0 Å². The van der Waals surface area contributed by atoms with Crippen LogP contribution in [0.1, 0.15) is 0 Å². The molecule has 0 bridgehead atoms. The largest absolute Gasteiger partial charge is 0.309 e. The van der Waals surface area contributed by atoms with E-state index < -0.39 is 0 Å². The van der Waals surface area contributed by atoms with Gasteiger partial charge in [0.2, 0.25) is 0 Å². The molecule has 0 atom stereocenters. The van der Waals surface area contributed by atoms with Gasteiger partial charge in [-0.05, 0) is 64.7 Å². The van der Waals surface area contributed by atoms with Crippen molar-refractivity contribution in [2.75, 3.05) is 0 Å². The maximum absolute atomic E-state index is 2.44. The number of para-hydroxylation sites is 3. The molecule has 9 rings (SSSR count). The first-order chi connectivity index (χ1) is 19.8. The van der Waals surface area contributed by atoms with Gasteiger partial charge in [0.1, 0.15) is 0 Å². The molecule has 7 aromatic carbocycles. The summed E-state index contributed by atoms with van der Waals surface area (Å²) in [6.45, 7) is 0. The van der Waals surface area contributed by atoms with E-state index in [0.29, 0.717) is 0 Å². The Balaban J connectivity index is 1.47. The summed E-state index contributed by atoms with van der Waals surface area (Å²) in [7, 11) is 0. The van der Waals surface area contributed by atoms with Crippen molar-refractivity contribution in [1.29, 1.82) is 0 Å². The van der Waals surface area contributed by atoms with E-state index in [1.54, 1.807) is 0 Å². The molecule has 0 saturated heterocycles. The molecular formula is C38H24N2. The van der Waals surface area contributed by atoms with E-state index in [4.69, 9.17) is 0 Å². The van der Waals surface area contributed by atoms with Crippen LogP contribution >= 0.6 is 0 Å². The first-order valence-electron chi connectivity index (χ1n) is 13.8. The summed E-state index contributed by atoms with van der Waals surface area (Å²) >= 11 is 0. The molecule has 2 heteroatoms. The Bertz CT molecular complexity index is 2420. The normalized spacial score (nSPS) is 12.0. The second-order valence-corrected chi connectivity index (χ2v) is 10.6. The van der Waals surface area contributed by atoms with Gasteiger partial charge in [0.05, 0.1) is 22.1 Å². The van der Waals surface area contributed by atoms with E-state index in [1.165, 1.54) is 76.5 Å². The monoisotopic (exact) mass is 508 g/mol. The zero-order valence-electron chi connectivity index (χ0n) is 21.8. The fraction of sp³-hybridized carbons (Fsp3) is 0. The molecule has 0 spiro atoms. The average molecular weight is 509 g/mol. The third kappa shape index (κ3) is 2.93. The smallest absolute Gasteiger partial charge is 0.0620 e. The van der Waals surface area contributed by atoms with Gasteiger partial charge in [-0.3, -0.25) is 0 Å². The summed E-state index contributed by atoms with van der Waals surface area (Å²) < 4.78 is 4.87. The van der Waals surface area contributed by atoms with Gasteiger partial charge in [-0.2, -0.15) is 0 Å². The van der Waals surface area contributed by atoms with E-state index in [0.717, 1.165) is 0 Å². The highest BCUT2D eigenvalue weighted by molar-refractivity contribution is 6.22. The summed E-state index contributed by atoms with van der Waals surface area (Å²) in [5.41, 5.74) is 7.29. The molecule has 0 amide bonds. The topological polar surface area (TPSA) is 9.86 Å². The van der Waals surface area contributed by atoms with Gasteiger partial charge in [0, 0.05) is 38.3 Å². The first-order valence-corrected chi connectivity index (χ1v) is 13.8. The van der Waals surface area contributed by atoms with Crippen LogP contribution in [0.4, 0.5) is 0 Å². The van der Waals surface area contributed by atoms with Gasteiger partial charge in [-0.1, -0.05) is 97.1 Å². The first kappa shape index (κ1) is 21.6. The van der Waals surface area contributed by atoms with Gasteiger partial charge >= 0.3 is 0 Å². The number of benzene rings is 7. The SMILES string of the molecule is c1ccc(-n2c3ccccc3c3ccc4cc5c6ccccc6n(-c6ccc7ccccc7c6)c5cc4c32)cc1. The minimum atomic E-state index is 1.18. The molecule has 0 aliphatic heterocycles. The molecule has 0 aliphatic rings. The van der Waals surface area contributed by atoms with Crippen molar-refractivity contribution in [1.82, 2.24) is 9.13 Å². The van der Waals surface area contributed by atoms with E-state index in [9.17, 15) is 0 Å². The van der Waals surface area contributed by atoms with E-state index >= 15 is 0 Å². The summed E-state index contributed by atoms with van der Waals surface area (Å²) in [5, 5.41) is 10.1. The number of rotatable bonds is 2. The lowest BCUT2D eigenvalue weighted by Crippen LogP contribution is -1.95. The van der Waals surface area contributed by atoms with Crippen LogP contribution in [0.2, 0.25) is 0 Å². The van der Waals surface area contributed by atoms with Crippen molar-refractivity contribution >= 4 is 65.2 Å². The van der Waals surface area contributed by atoms with Crippen molar-refractivity contribution in [3.05, 3.63) is 146 Å². The predicted octanol–water partition coefficient (Wildman–Crippen LogP) is 10.2. The second kappa shape index (κ2) is 8.08. The van der Waals surface area contributed by atoms with Crippen LogP contribution in [0.5, 0.6) is 0 Å². The Morgan fingerprint density at radius 2 is 0.950 bits per heavy atom. The van der Waals surface area contributed by atoms with Crippen molar-refractivity contribution < 1.29 is 0 Å². The highest BCUT2D eigenvalue weighted by atomic mass is 15.0. The molecule has 0 unspecified atom stereocenters. The van der Waals surface area contributed by atoms with Crippen LogP contribution in [-0.2, 0) is 0 Å². The zero-order valence-corrected chi connectivity index (χ0v) is 21.8. The summed E-state index contributed by atoms with van der Waals surface area (Å²) in [5.74, 6) is 0. The Hall–Kier alpha value is -5.34. The standard InChI is InChI=1S/C38H24N2/c1-2-12-28(13-3-1)40-36-17-9-6-14-30(36)32-21-19-27-23-34-31-15-7-8-16-35(31)39(37(34)24-33(27)38(32)40)29-20-18-25-10-4-5-11-26(25)22-29/h1-24H. The molecule has 2 nitrogen and oxygen atoms in total. The minimum absolute atomic E-state index is 1.18. The lowest BCUT2D eigenvalue weighted by molar-refractivity contribution is 1.18. The van der Waals surface area contributed by atoms with Gasteiger partial charge in [-0.25, -0.2) is 0 Å². The molecule has 0 N–H and O–H groups in total. The fourth-order valence-corrected chi connectivity index (χ4v) is 6.69. The lowest BCUT2D eigenvalue weighted by Gasteiger charge is -2.12. The third-order valence-corrected chi connectivity index (χ3v) is 8.45. The molecule has 0 aliphatic carbocycles. The van der Waals surface area contributed by atoms with Crippen LogP contribution in [0.3, 0.4) is 0 Å². The molecule has 0 radical (unpaired) electrons. The maximum Gasteiger partial charge on any atom is 0.0620 e. The molecule has 186 valence electrons. The molecule has 2 heterocycles. The van der Waals surface area contributed by atoms with Gasteiger partial charge in [0.25, 0.3) is 0 Å². The molecule has 0 fully saturated rings. The van der Waals surface area contributed by atoms with Crippen molar-refractivity contribution in [2.45, 2.75) is 0 Å². The van der Waals surface area contributed by atoms with Crippen molar-refractivity contribution in [3.63, 3.8) is 0 Å². The average Bonchev–Trinajstić information content (AvgIpc) is 3.53. The zero-order chi connectivity index (χ0) is 26.2. The van der Waals surface area contributed by atoms with Gasteiger partial charge < -0.3 is 9.13 Å². The Morgan fingerprint density at radius 3 is 1.77 bits per heavy atom. The number of fused-ring (bicyclic) bond motifs is 9. The highest BCUT2D eigenvalue weighted by Gasteiger charge is 2.18. The summed E-state index contributed by atoms with van der Waals surface area (Å²) in [6.07, 6.45) is 0. The predicted molar refractivity (Wildman–Crippen MR) is 170 cm³/mol. The maximum atomic E-state index is 2.44. The molecule has 0 saturated carbocycles. The number of nitrogens with zero attached hydrogens (tertiary/aromatic N) is 2. The Morgan fingerprint density at radius 1 is 0.300 bits per heavy atom. The number of aromatic nitrogens is 2. The Kier molecular flexibility index (Phi) is 4.36. The quantitative estimate of drug-likeness (QED) is 0.220. The summed E-state index contributed by atoms with van der Waals surface area (Å²) in [4.78, 5) is 0. The van der Waals surface area contributed by atoms with E-state index in [1.807, 2.05) is 0 Å². The Labute approximate surface area is 230 Å². The minimum Gasteiger partial charge on any atom is -0.309 e. The van der Waals surface area contributed by atoms with E-state index in [2.05, 4.69) is 155 Å². The molecular weight excluding hydrogens is 484 g/mol. The van der Waals surface area contributed by atoms with E-state index in [-0.39, 0.29) is 0 Å². The second-order valence-electron chi connectivity index (χ2n) is 10.6. The highest BCUT2D eigenvalue weighted by Crippen LogP contribution is 2.40. The molecule has 2 aromatic heterocycles. The summed E-state index contributed by atoms with van der Waals surface area (Å²) in [6, 6.07) is 53.1. The molecule has 40 heavy (non-hydrogen) atoms. The third-order valence-electron chi connectivity index (χ3n) is 8.45. The molecule has 9 aromatic rings. The van der Waals surface area contributed by atoms with Crippen LogP contribution < -0.4 is 0 Å². The van der Waals surface area contributed by atoms with Crippen LogP contribution in [0.15, 0.2) is 146 Å². The van der Waals surface area contributed by atoms with Crippen molar-refractivity contribution in [2.24, 2.45) is 0 Å². The van der Waals surface area contributed by atoms with Crippen LogP contribution in [-0.4, -0.2) is 9.13 Å². The lowest BCUT2D eigenvalue weighted by atomic mass is 10.0.